The maximum Gasteiger partial charge on any atom is 0.123 e. The third-order valence-corrected chi connectivity index (χ3v) is 2.82. The summed E-state index contributed by atoms with van der Waals surface area (Å²) in [4.78, 5) is 2.31. The van der Waals surface area contributed by atoms with Gasteiger partial charge in [0.1, 0.15) is 12.4 Å². The van der Waals surface area contributed by atoms with Gasteiger partial charge in [-0.25, -0.2) is 0 Å². The van der Waals surface area contributed by atoms with E-state index in [1.165, 1.54) is 5.56 Å². The molecule has 0 fully saturated rings. The van der Waals surface area contributed by atoms with Gasteiger partial charge >= 0.3 is 0 Å². The standard InChI is InChI=1S/C13H19NO3/c15-7-10-16-8-5-14-6-9-17-13-4-2-1-3-12(13)11-14/h1-4,15H,5-11H2. The van der Waals surface area contributed by atoms with E-state index in [0.29, 0.717) is 13.2 Å². The van der Waals surface area contributed by atoms with E-state index in [-0.39, 0.29) is 6.61 Å². The van der Waals surface area contributed by atoms with Crippen molar-refractivity contribution in [2.75, 3.05) is 39.5 Å². The predicted octanol–water partition coefficient (Wildman–Crippen LogP) is 0.890. The van der Waals surface area contributed by atoms with E-state index in [1.807, 2.05) is 18.2 Å². The van der Waals surface area contributed by atoms with Crippen LogP contribution < -0.4 is 4.74 Å². The molecule has 1 heterocycles. The Bertz CT molecular complexity index is 343. The molecule has 1 aliphatic heterocycles. The molecule has 0 aromatic heterocycles. The number of rotatable bonds is 5. The van der Waals surface area contributed by atoms with Crippen molar-refractivity contribution in [3.63, 3.8) is 0 Å². The average molecular weight is 237 g/mol. The molecule has 0 atom stereocenters. The lowest BCUT2D eigenvalue weighted by atomic mass is 10.2. The van der Waals surface area contributed by atoms with Gasteiger partial charge in [-0.1, -0.05) is 18.2 Å². The number of aliphatic hydroxyl groups excluding tert-OH is 1. The zero-order valence-corrected chi connectivity index (χ0v) is 9.97. The Labute approximate surface area is 102 Å². The van der Waals surface area contributed by atoms with Crippen LogP contribution in [0.4, 0.5) is 0 Å². The maximum atomic E-state index is 8.62. The quantitative estimate of drug-likeness (QED) is 0.772. The van der Waals surface area contributed by atoms with Crippen LogP contribution in [0.1, 0.15) is 5.56 Å². The van der Waals surface area contributed by atoms with E-state index in [4.69, 9.17) is 14.6 Å². The summed E-state index contributed by atoms with van der Waals surface area (Å²) in [6.45, 7) is 4.57. The van der Waals surface area contributed by atoms with E-state index in [9.17, 15) is 0 Å². The van der Waals surface area contributed by atoms with Crippen molar-refractivity contribution in [1.29, 1.82) is 0 Å². The first kappa shape index (κ1) is 12.4. The Kier molecular flexibility index (Phi) is 4.79. The van der Waals surface area contributed by atoms with E-state index in [0.717, 1.165) is 32.0 Å². The average Bonchev–Trinajstić information content (AvgIpc) is 2.56. The topological polar surface area (TPSA) is 41.9 Å². The lowest BCUT2D eigenvalue weighted by Gasteiger charge is -2.18. The molecule has 0 saturated carbocycles. The number of benzene rings is 1. The van der Waals surface area contributed by atoms with Crippen LogP contribution in [0.5, 0.6) is 5.75 Å². The molecular formula is C13H19NO3. The molecule has 4 nitrogen and oxygen atoms in total. The normalized spacial score (nSPS) is 16.1. The highest BCUT2D eigenvalue weighted by Gasteiger charge is 2.14. The van der Waals surface area contributed by atoms with Crippen molar-refractivity contribution in [1.82, 2.24) is 4.90 Å². The fourth-order valence-corrected chi connectivity index (χ4v) is 1.93. The monoisotopic (exact) mass is 237 g/mol. The van der Waals surface area contributed by atoms with Gasteiger partial charge in [-0.3, -0.25) is 4.90 Å². The van der Waals surface area contributed by atoms with Crippen LogP contribution in [0.3, 0.4) is 0 Å². The number of aliphatic hydroxyl groups is 1. The summed E-state index contributed by atoms with van der Waals surface area (Å²) in [5, 5.41) is 8.62. The van der Waals surface area contributed by atoms with Crippen molar-refractivity contribution >= 4 is 0 Å². The molecule has 0 saturated heterocycles. The van der Waals surface area contributed by atoms with Crippen LogP contribution in [-0.2, 0) is 11.3 Å². The van der Waals surface area contributed by atoms with Gasteiger partial charge in [-0.15, -0.1) is 0 Å². The highest BCUT2D eigenvalue weighted by Crippen LogP contribution is 2.21. The summed E-state index contributed by atoms with van der Waals surface area (Å²) in [6, 6.07) is 8.15. The number of fused-ring (bicyclic) bond motifs is 1. The van der Waals surface area contributed by atoms with Gasteiger partial charge in [0.15, 0.2) is 0 Å². The summed E-state index contributed by atoms with van der Waals surface area (Å²) < 4.78 is 11.0. The lowest BCUT2D eigenvalue weighted by molar-refractivity contribution is 0.0708. The SMILES string of the molecule is OCCOCCN1CCOc2ccccc2C1. The molecule has 4 heteroatoms. The van der Waals surface area contributed by atoms with Gasteiger partial charge in [-0.05, 0) is 6.07 Å². The molecule has 0 spiro atoms. The number of ether oxygens (including phenoxy) is 2. The Hall–Kier alpha value is -1.10. The van der Waals surface area contributed by atoms with E-state index in [2.05, 4.69) is 11.0 Å². The Morgan fingerprint density at radius 3 is 3.06 bits per heavy atom. The Morgan fingerprint density at radius 2 is 2.18 bits per heavy atom. The van der Waals surface area contributed by atoms with E-state index in [1.54, 1.807) is 0 Å². The van der Waals surface area contributed by atoms with Crippen molar-refractivity contribution in [2.24, 2.45) is 0 Å². The summed E-state index contributed by atoms with van der Waals surface area (Å²) in [5.74, 6) is 0.992. The van der Waals surface area contributed by atoms with Crippen LogP contribution in [0, 0.1) is 0 Å². The molecule has 0 amide bonds. The van der Waals surface area contributed by atoms with E-state index < -0.39 is 0 Å². The predicted molar refractivity (Wildman–Crippen MR) is 65.1 cm³/mol. The fourth-order valence-electron chi connectivity index (χ4n) is 1.93. The first-order chi connectivity index (χ1) is 8.40. The second-order valence-corrected chi connectivity index (χ2v) is 4.07. The highest BCUT2D eigenvalue weighted by atomic mass is 16.5. The van der Waals surface area contributed by atoms with Gasteiger partial charge in [0.2, 0.25) is 0 Å². The molecule has 0 bridgehead atoms. The number of hydrogen-bond acceptors (Lipinski definition) is 4. The Morgan fingerprint density at radius 1 is 1.29 bits per heavy atom. The molecule has 17 heavy (non-hydrogen) atoms. The molecule has 0 radical (unpaired) electrons. The Balaban J connectivity index is 1.85. The zero-order valence-electron chi connectivity index (χ0n) is 9.97. The minimum atomic E-state index is 0.0892. The summed E-state index contributed by atoms with van der Waals surface area (Å²) >= 11 is 0. The van der Waals surface area contributed by atoms with Gasteiger partial charge in [0, 0.05) is 25.2 Å². The molecule has 1 aromatic carbocycles. The van der Waals surface area contributed by atoms with Gasteiger partial charge in [0.05, 0.1) is 19.8 Å². The minimum Gasteiger partial charge on any atom is -0.492 e. The zero-order chi connectivity index (χ0) is 11.9. The second-order valence-electron chi connectivity index (χ2n) is 4.07. The van der Waals surface area contributed by atoms with Gasteiger partial charge < -0.3 is 14.6 Å². The molecule has 0 unspecified atom stereocenters. The third-order valence-electron chi connectivity index (χ3n) is 2.82. The first-order valence-corrected chi connectivity index (χ1v) is 6.02. The fraction of sp³-hybridized carbons (Fsp3) is 0.538. The molecule has 1 aromatic rings. The van der Waals surface area contributed by atoms with Crippen LogP contribution in [0.25, 0.3) is 0 Å². The summed E-state index contributed by atoms with van der Waals surface area (Å²) in [6.07, 6.45) is 0. The van der Waals surface area contributed by atoms with Crippen LogP contribution in [-0.4, -0.2) is 49.5 Å². The third kappa shape index (κ3) is 3.70. The summed E-state index contributed by atoms with van der Waals surface area (Å²) in [7, 11) is 0. The lowest BCUT2D eigenvalue weighted by Crippen LogP contribution is -2.29. The van der Waals surface area contributed by atoms with Gasteiger partial charge in [0.25, 0.3) is 0 Å². The number of hydrogen-bond donors (Lipinski definition) is 1. The van der Waals surface area contributed by atoms with Crippen molar-refractivity contribution in [3.05, 3.63) is 29.8 Å². The molecule has 1 aliphatic rings. The number of para-hydroxylation sites is 1. The van der Waals surface area contributed by atoms with Crippen LogP contribution >= 0.6 is 0 Å². The minimum absolute atomic E-state index is 0.0892. The number of nitrogens with zero attached hydrogens (tertiary/aromatic N) is 1. The first-order valence-electron chi connectivity index (χ1n) is 6.02. The largest absolute Gasteiger partial charge is 0.492 e. The van der Waals surface area contributed by atoms with Crippen molar-refractivity contribution in [2.45, 2.75) is 6.54 Å². The maximum absolute atomic E-state index is 8.62. The highest BCUT2D eigenvalue weighted by molar-refractivity contribution is 5.33. The van der Waals surface area contributed by atoms with Crippen molar-refractivity contribution in [3.8, 4) is 5.75 Å². The van der Waals surface area contributed by atoms with Crippen LogP contribution in [0.2, 0.25) is 0 Å². The van der Waals surface area contributed by atoms with Crippen LogP contribution in [0.15, 0.2) is 24.3 Å². The summed E-state index contributed by atoms with van der Waals surface area (Å²) in [5.41, 5.74) is 1.23. The molecule has 0 aliphatic carbocycles. The molecule has 94 valence electrons. The smallest absolute Gasteiger partial charge is 0.123 e. The molecule has 2 rings (SSSR count). The van der Waals surface area contributed by atoms with Gasteiger partial charge in [-0.2, -0.15) is 0 Å². The molecule has 1 N–H and O–H groups in total. The molecular weight excluding hydrogens is 218 g/mol. The van der Waals surface area contributed by atoms with Crippen molar-refractivity contribution < 1.29 is 14.6 Å². The van der Waals surface area contributed by atoms with E-state index >= 15 is 0 Å². The second kappa shape index (κ2) is 6.59.